The second kappa shape index (κ2) is 12.9. The molecule has 0 heterocycles. The van der Waals surface area contributed by atoms with E-state index in [1.807, 2.05) is 0 Å². The van der Waals surface area contributed by atoms with Crippen molar-refractivity contribution in [3.8, 4) is 0 Å². The fourth-order valence-corrected chi connectivity index (χ4v) is 12.5. The first-order chi connectivity index (χ1) is 22.3. The van der Waals surface area contributed by atoms with Crippen LogP contribution in [0.25, 0.3) is 10.6 Å². The molecule has 0 fully saturated rings. The lowest BCUT2D eigenvalue weighted by Crippen LogP contribution is -2.15. The Morgan fingerprint density at radius 2 is 0.717 bits per heavy atom. The van der Waals surface area contributed by atoms with Crippen molar-refractivity contribution in [3.63, 3.8) is 0 Å². The van der Waals surface area contributed by atoms with Gasteiger partial charge in [-0.15, -0.1) is 0 Å². The van der Waals surface area contributed by atoms with E-state index in [1.54, 1.807) is 0 Å². The molecule has 2 aliphatic carbocycles. The third-order valence-electron chi connectivity index (χ3n) is 9.55. The Balaban J connectivity index is 1.49. The van der Waals surface area contributed by atoms with Crippen molar-refractivity contribution >= 4 is 47.7 Å². The summed E-state index contributed by atoms with van der Waals surface area (Å²) in [5.41, 5.74) is 6.19. The minimum atomic E-state index is -0.740. The van der Waals surface area contributed by atoms with Crippen molar-refractivity contribution in [2.24, 2.45) is 10.8 Å². The van der Waals surface area contributed by atoms with E-state index in [9.17, 15) is 0 Å². The zero-order valence-electron chi connectivity index (χ0n) is 27.6. The van der Waals surface area contributed by atoms with E-state index < -0.39 is 15.8 Å². The lowest BCUT2D eigenvalue weighted by molar-refractivity contribution is 0.440. The Labute approximate surface area is 278 Å². The summed E-state index contributed by atoms with van der Waals surface area (Å²) >= 11 is 0. The molecule has 0 aliphatic heterocycles. The van der Waals surface area contributed by atoms with Crippen LogP contribution in [0.1, 0.15) is 62.8 Å². The minimum absolute atomic E-state index is 0.108. The maximum atomic E-state index is 2.65. The van der Waals surface area contributed by atoms with Crippen molar-refractivity contribution in [1.29, 1.82) is 0 Å². The van der Waals surface area contributed by atoms with Crippen molar-refractivity contribution < 1.29 is 0 Å². The second-order valence-corrected chi connectivity index (χ2v) is 18.6. The van der Waals surface area contributed by atoms with E-state index in [-0.39, 0.29) is 10.8 Å². The molecular weight excluding hydrogens is 590 g/mol. The molecule has 230 valence electrons. The van der Waals surface area contributed by atoms with Crippen LogP contribution < -0.4 is 21.2 Å². The largest absolute Gasteiger partial charge is 0.0699 e. The van der Waals surface area contributed by atoms with Crippen molar-refractivity contribution in [3.05, 3.63) is 168 Å². The van der Waals surface area contributed by atoms with Crippen LogP contribution >= 0.6 is 15.8 Å². The molecule has 5 aromatic carbocycles. The van der Waals surface area contributed by atoms with Gasteiger partial charge in [0.25, 0.3) is 0 Å². The Hall–Kier alpha value is -3.56. The summed E-state index contributed by atoms with van der Waals surface area (Å²) in [6.45, 7) is 9.74. The predicted molar refractivity (Wildman–Crippen MR) is 205 cm³/mol. The molecule has 2 aliphatic rings. The number of allylic oxidation sites excluding steroid dienone is 2. The number of aryl methyl sites for hydroxylation is 2. The molecule has 0 N–H and O–H groups in total. The van der Waals surface area contributed by atoms with Gasteiger partial charge in [-0.3, -0.25) is 0 Å². The molecule has 5 aromatic rings. The summed E-state index contributed by atoms with van der Waals surface area (Å²) in [4.78, 5) is 0. The van der Waals surface area contributed by atoms with Crippen LogP contribution in [0.15, 0.2) is 146 Å². The minimum Gasteiger partial charge on any atom is -0.0699 e. The van der Waals surface area contributed by atoms with E-state index in [2.05, 4.69) is 173 Å². The van der Waals surface area contributed by atoms with Gasteiger partial charge in [0.1, 0.15) is 0 Å². The molecular formula is C44H44P2. The highest BCUT2D eigenvalue weighted by Crippen LogP contribution is 2.57. The molecule has 0 radical (unpaired) electrons. The van der Waals surface area contributed by atoms with Crippen LogP contribution in [0.3, 0.4) is 0 Å². The average Bonchev–Trinajstić information content (AvgIpc) is 3.28. The van der Waals surface area contributed by atoms with E-state index in [0.29, 0.717) is 0 Å². The summed E-state index contributed by atoms with van der Waals surface area (Å²) in [6, 6.07) is 50.3. The van der Waals surface area contributed by atoms with Crippen LogP contribution in [0.2, 0.25) is 0 Å². The molecule has 0 nitrogen and oxygen atoms in total. The Morgan fingerprint density at radius 1 is 0.413 bits per heavy atom. The number of rotatable bonds is 6. The van der Waals surface area contributed by atoms with Crippen LogP contribution in [-0.4, -0.2) is 0 Å². The summed E-state index contributed by atoms with van der Waals surface area (Å²) in [5, 5.41) is 8.70. The van der Waals surface area contributed by atoms with E-state index in [1.165, 1.54) is 54.1 Å². The van der Waals surface area contributed by atoms with Crippen molar-refractivity contribution in [2.75, 3.05) is 0 Å². The number of benzene rings is 5. The van der Waals surface area contributed by atoms with Gasteiger partial charge in [0.05, 0.1) is 0 Å². The maximum Gasteiger partial charge on any atom is -0.0110 e. The van der Waals surface area contributed by atoms with Crippen molar-refractivity contribution in [1.82, 2.24) is 0 Å². The third kappa shape index (κ3) is 6.49. The summed E-state index contributed by atoms with van der Waals surface area (Å²) in [7, 11) is -1.48. The highest BCUT2D eigenvalue weighted by molar-refractivity contribution is 7.82. The lowest BCUT2D eigenvalue weighted by atomic mass is 9.86. The van der Waals surface area contributed by atoms with Gasteiger partial charge in [-0.05, 0) is 113 Å². The van der Waals surface area contributed by atoms with E-state index in [0.717, 1.165) is 25.7 Å². The monoisotopic (exact) mass is 634 g/mol. The molecule has 0 saturated carbocycles. The first-order valence-electron chi connectivity index (χ1n) is 16.7. The molecule has 0 bridgehead atoms. The summed E-state index contributed by atoms with van der Waals surface area (Å²) < 4.78 is 0. The number of hydrogen-bond donors (Lipinski definition) is 0. The van der Waals surface area contributed by atoms with Crippen molar-refractivity contribution in [2.45, 2.75) is 53.4 Å². The topological polar surface area (TPSA) is 0 Å². The normalized spacial score (nSPS) is 16.9. The number of hydrogen-bond acceptors (Lipinski definition) is 0. The van der Waals surface area contributed by atoms with Gasteiger partial charge in [0, 0.05) is 0 Å². The molecule has 0 atom stereocenters. The first kappa shape index (κ1) is 31.1. The van der Waals surface area contributed by atoms with Crippen LogP contribution in [-0.2, 0) is 12.8 Å². The number of fused-ring (bicyclic) bond motifs is 2. The molecule has 46 heavy (non-hydrogen) atoms. The fourth-order valence-electron chi connectivity index (χ4n) is 7.07. The smallest absolute Gasteiger partial charge is 0.0110 e. The van der Waals surface area contributed by atoms with Gasteiger partial charge >= 0.3 is 0 Å². The Bertz CT molecular complexity index is 1650. The fraction of sp³-hybridized carbons (Fsp3) is 0.227. The maximum absolute atomic E-state index is 2.65. The van der Waals surface area contributed by atoms with E-state index in [4.69, 9.17) is 0 Å². The van der Waals surface area contributed by atoms with Gasteiger partial charge in [-0.1, -0.05) is 167 Å². The molecule has 0 amide bonds. The van der Waals surface area contributed by atoms with Gasteiger partial charge in [-0.2, -0.15) is 0 Å². The predicted octanol–water partition coefficient (Wildman–Crippen LogP) is 10.6. The van der Waals surface area contributed by atoms with Gasteiger partial charge in [0.15, 0.2) is 0 Å². The van der Waals surface area contributed by atoms with Crippen LogP contribution in [0.4, 0.5) is 0 Å². The van der Waals surface area contributed by atoms with Crippen LogP contribution in [0, 0.1) is 10.8 Å². The molecule has 7 rings (SSSR count). The first-order valence-corrected chi connectivity index (χ1v) is 19.4. The van der Waals surface area contributed by atoms with Gasteiger partial charge in [-0.25, -0.2) is 0 Å². The molecule has 0 unspecified atom stereocenters. The summed E-state index contributed by atoms with van der Waals surface area (Å²) in [5.74, 6) is 0. The lowest BCUT2D eigenvalue weighted by Gasteiger charge is -2.28. The average molecular weight is 635 g/mol. The zero-order chi connectivity index (χ0) is 31.7. The van der Waals surface area contributed by atoms with E-state index >= 15 is 0 Å². The second-order valence-electron chi connectivity index (χ2n) is 14.2. The standard InChI is InChI=1S/C44H44P2/c1-43(2)27-25-33-29-34-26-28-44(3,4)32-42(46(37-21-13-7-14-22-37)38-23-15-8-16-24-38)40(34)30-39(33)41(31-43)45(35-17-9-5-10-18-35)36-19-11-6-12-20-36/h5-24,29-32H,25-28H2,1-4H3. The molecule has 0 spiro atoms. The quantitative estimate of drug-likeness (QED) is 0.163. The highest BCUT2D eigenvalue weighted by Gasteiger charge is 2.33. The third-order valence-corrected chi connectivity index (χ3v) is 14.5. The molecule has 0 aromatic heterocycles. The Kier molecular flexibility index (Phi) is 8.72. The van der Waals surface area contributed by atoms with Gasteiger partial charge in [0.2, 0.25) is 0 Å². The van der Waals surface area contributed by atoms with Crippen LogP contribution in [0.5, 0.6) is 0 Å². The molecule has 0 saturated heterocycles. The summed E-state index contributed by atoms with van der Waals surface area (Å²) in [6.07, 6.45) is 9.83. The van der Waals surface area contributed by atoms with Gasteiger partial charge < -0.3 is 0 Å². The zero-order valence-corrected chi connectivity index (χ0v) is 29.4. The SMILES string of the molecule is CC1(C)C=C(P(c2ccccc2)c2ccccc2)c2cc3c(cc2CC1)CCC(C)(C)C=C3P(c1ccccc1)c1ccccc1. The highest BCUT2D eigenvalue weighted by atomic mass is 31.1. The Morgan fingerprint density at radius 3 is 1.02 bits per heavy atom. The molecule has 2 heteroatoms.